The molecule has 0 unspecified atom stereocenters. The molecule has 0 saturated carbocycles. The molecule has 2 aromatic rings. The monoisotopic (exact) mass is 281 g/mol. The molecule has 1 aromatic carbocycles. The fourth-order valence-corrected chi connectivity index (χ4v) is 1.78. The zero-order valence-corrected chi connectivity index (χ0v) is 10.7. The van der Waals surface area contributed by atoms with Crippen molar-refractivity contribution < 1.29 is 4.92 Å². The van der Waals surface area contributed by atoms with Crippen molar-refractivity contribution in [3.05, 3.63) is 51.1 Å². The number of nitro groups is 1. The Hall–Kier alpha value is -1.99. The Bertz CT molecular complexity index is 558. The first-order valence-corrected chi connectivity index (χ1v) is 6.02. The summed E-state index contributed by atoms with van der Waals surface area (Å²) in [7, 11) is 0. The van der Waals surface area contributed by atoms with Crippen LogP contribution in [0.3, 0.4) is 0 Å². The highest BCUT2D eigenvalue weighted by atomic mass is 35.5. The summed E-state index contributed by atoms with van der Waals surface area (Å²) in [6.45, 7) is 1.14. The highest BCUT2D eigenvalue weighted by molar-refractivity contribution is 6.31. The number of H-pyrrole nitrogens is 1. The predicted octanol–water partition coefficient (Wildman–Crippen LogP) is 1.70. The van der Waals surface area contributed by atoms with E-state index < -0.39 is 4.92 Å². The number of nitrogens with zero attached hydrogens (tertiary/aromatic N) is 3. The summed E-state index contributed by atoms with van der Waals surface area (Å²) in [5, 5.41) is 20.8. The van der Waals surface area contributed by atoms with E-state index >= 15 is 0 Å². The first kappa shape index (κ1) is 13.4. The van der Waals surface area contributed by atoms with Gasteiger partial charge in [-0.2, -0.15) is 5.10 Å². The van der Waals surface area contributed by atoms with E-state index in [-0.39, 0.29) is 5.69 Å². The highest BCUT2D eigenvalue weighted by Gasteiger charge is 2.09. The Labute approximate surface area is 114 Å². The van der Waals surface area contributed by atoms with E-state index in [4.69, 9.17) is 11.6 Å². The molecule has 7 nitrogen and oxygen atoms in total. The van der Waals surface area contributed by atoms with Gasteiger partial charge in [0.2, 0.25) is 0 Å². The quantitative estimate of drug-likeness (QED) is 0.477. The largest absolute Gasteiger partial charge is 0.312 e. The number of aromatic amines is 1. The number of nitro benzene ring substituents is 1. The summed E-state index contributed by atoms with van der Waals surface area (Å²) in [5.74, 6) is 0.789. The number of benzene rings is 1. The molecular weight excluding hydrogens is 270 g/mol. The molecule has 0 atom stereocenters. The Balaban J connectivity index is 1.88. The average molecular weight is 282 g/mol. The molecule has 19 heavy (non-hydrogen) atoms. The van der Waals surface area contributed by atoms with Gasteiger partial charge in [-0.05, 0) is 11.6 Å². The number of hydrogen-bond acceptors (Lipinski definition) is 5. The van der Waals surface area contributed by atoms with Crippen LogP contribution in [0.15, 0.2) is 24.5 Å². The number of aromatic nitrogens is 3. The van der Waals surface area contributed by atoms with Crippen molar-refractivity contribution >= 4 is 17.3 Å². The topological polar surface area (TPSA) is 96.7 Å². The van der Waals surface area contributed by atoms with Gasteiger partial charge < -0.3 is 5.32 Å². The van der Waals surface area contributed by atoms with E-state index in [1.54, 1.807) is 0 Å². The minimum Gasteiger partial charge on any atom is -0.312 e. The SMILES string of the molecule is O=[N+]([O-])c1ccc(Cl)c(CNCCc2ncn[nH]2)c1. The maximum absolute atomic E-state index is 10.7. The van der Waals surface area contributed by atoms with Crippen LogP contribution in [-0.4, -0.2) is 26.6 Å². The maximum atomic E-state index is 10.7. The lowest BCUT2D eigenvalue weighted by Gasteiger charge is -2.05. The Morgan fingerprint density at radius 1 is 1.47 bits per heavy atom. The fraction of sp³-hybridized carbons (Fsp3) is 0.273. The van der Waals surface area contributed by atoms with E-state index in [0.717, 1.165) is 5.82 Å². The van der Waals surface area contributed by atoms with Gasteiger partial charge in [0.25, 0.3) is 5.69 Å². The van der Waals surface area contributed by atoms with E-state index in [0.29, 0.717) is 30.1 Å². The third kappa shape index (κ3) is 3.73. The Kier molecular flexibility index (Phi) is 4.43. The summed E-state index contributed by atoms with van der Waals surface area (Å²) in [6, 6.07) is 4.40. The van der Waals surface area contributed by atoms with Crippen molar-refractivity contribution in [3.8, 4) is 0 Å². The van der Waals surface area contributed by atoms with Crippen molar-refractivity contribution in [1.82, 2.24) is 20.5 Å². The van der Waals surface area contributed by atoms with E-state index in [1.807, 2.05) is 0 Å². The number of rotatable bonds is 6. The van der Waals surface area contributed by atoms with Crippen LogP contribution in [0.5, 0.6) is 0 Å². The molecule has 8 heteroatoms. The lowest BCUT2D eigenvalue weighted by atomic mass is 10.2. The summed E-state index contributed by atoms with van der Waals surface area (Å²) in [4.78, 5) is 14.2. The van der Waals surface area contributed by atoms with Gasteiger partial charge in [0.15, 0.2) is 0 Å². The minimum atomic E-state index is -0.436. The zero-order chi connectivity index (χ0) is 13.7. The normalized spacial score (nSPS) is 10.6. The Morgan fingerprint density at radius 3 is 3.00 bits per heavy atom. The molecule has 1 aromatic heterocycles. The van der Waals surface area contributed by atoms with Crippen LogP contribution in [-0.2, 0) is 13.0 Å². The Morgan fingerprint density at radius 2 is 2.32 bits per heavy atom. The first-order valence-electron chi connectivity index (χ1n) is 5.64. The highest BCUT2D eigenvalue weighted by Crippen LogP contribution is 2.21. The third-order valence-electron chi connectivity index (χ3n) is 2.56. The minimum absolute atomic E-state index is 0.0384. The van der Waals surface area contributed by atoms with Gasteiger partial charge in [-0.1, -0.05) is 11.6 Å². The lowest BCUT2D eigenvalue weighted by Crippen LogP contribution is -2.17. The van der Waals surface area contributed by atoms with Crippen molar-refractivity contribution in [2.24, 2.45) is 0 Å². The second-order valence-corrected chi connectivity index (χ2v) is 4.30. The van der Waals surface area contributed by atoms with Crippen LogP contribution in [0.2, 0.25) is 5.02 Å². The first-order chi connectivity index (χ1) is 9.16. The van der Waals surface area contributed by atoms with Gasteiger partial charge in [-0.3, -0.25) is 15.2 Å². The van der Waals surface area contributed by atoms with Gasteiger partial charge in [-0.15, -0.1) is 0 Å². The third-order valence-corrected chi connectivity index (χ3v) is 2.93. The van der Waals surface area contributed by atoms with Crippen LogP contribution in [0.4, 0.5) is 5.69 Å². The van der Waals surface area contributed by atoms with Crippen LogP contribution >= 0.6 is 11.6 Å². The molecule has 0 spiro atoms. The predicted molar refractivity (Wildman–Crippen MR) is 69.9 cm³/mol. The molecule has 0 radical (unpaired) electrons. The molecule has 0 aliphatic heterocycles. The van der Waals surface area contributed by atoms with Crippen LogP contribution < -0.4 is 5.32 Å². The number of nitrogens with one attached hydrogen (secondary N) is 2. The molecule has 0 aliphatic rings. The molecule has 1 heterocycles. The second-order valence-electron chi connectivity index (χ2n) is 3.89. The molecule has 100 valence electrons. The number of hydrogen-bond donors (Lipinski definition) is 2. The van der Waals surface area contributed by atoms with E-state index in [9.17, 15) is 10.1 Å². The number of halogens is 1. The van der Waals surface area contributed by atoms with Gasteiger partial charge >= 0.3 is 0 Å². The van der Waals surface area contributed by atoms with E-state index in [2.05, 4.69) is 20.5 Å². The van der Waals surface area contributed by atoms with Crippen molar-refractivity contribution in [1.29, 1.82) is 0 Å². The molecule has 0 fully saturated rings. The van der Waals surface area contributed by atoms with Crippen molar-refractivity contribution in [2.75, 3.05) is 6.54 Å². The summed E-state index contributed by atoms with van der Waals surface area (Å²) >= 11 is 5.99. The van der Waals surface area contributed by atoms with Crippen LogP contribution in [0, 0.1) is 10.1 Å². The molecule has 0 saturated heterocycles. The van der Waals surface area contributed by atoms with Gasteiger partial charge in [0.1, 0.15) is 12.2 Å². The standard InChI is InChI=1S/C11H12ClN5O2/c12-10-2-1-9(17(18)19)5-8(10)6-13-4-3-11-14-7-15-16-11/h1-2,5,7,13H,3-4,6H2,(H,14,15,16). The lowest BCUT2D eigenvalue weighted by molar-refractivity contribution is -0.384. The van der Waals surface area contributed by atoms with Crippen molar-refractivity contribution in [2.45, 2.75) is 13.0 Å². The van der Waals surface area contributed by atoms with Gasteiger partial charge in [0.05, 0.1) is 4.92 Å². The van der Waals surface area contributed by atoms with Crippen molar-refractivity contribution in [3.63, 3.8) is 0 Å². The summed E-state index contributed by atoms with van der Waals surface area (Å²) in [6.07, 6.45) is 2.15. The summed E-state index contributed by atoms with van der Waals surface area (Å²) < 4.78 is 0. The summed E-state index contributed by atoms with van der Waals surface area (Å²) in [5.41, 5.74) is 0.741. The molecule has 2 rings (SSSR count). The smallest absolute Gasteiger partial charge is 0.269 e. The van der Waals surface area contributed by atoms with E-state index in [1.165, 1.54) is 24.5 Å². The van der Waals surface area contributed by atoms with Crippen LogP contribution in [0.25, 0.3) is 0 Å². The number of non-ortho nitro benzene ring substituents is 1. The maximum Gasteiger partial charge on any atom is 0.269 e. The molecular formula is C11H12ClN5O2. The zero-order valence-electron chi connectivity index (χ0n) is 9.97. The van der Waals surface area contributed by atoms with Crippen LogP contribution in [0.1, 0.15) is 11.4 Å². The molecule has 0 amide bonds. The fourth-order valence-electron chi connectivity index (χ4n) is 1.59. The van der Waals surface area contributed by atoms with Gasteiger partial charge in [0, 0.05) is 36.7 Å². The molecule has 0 aliphatic carbocycles. The average Bonchev–Trinajstić information content (AvgIpc) is 2.89. The molecule has 2 N–H and O–H groups in total. The van der Waals surface area contributed by atoms with Gasteiger partial charge in [-0.25, -0.2) is 4.98 Å². The molecule has 0 bridgehead atoms. The second kappa shape index (κ2) is 6.26.